The first kappa shape index (κ1) is 14.5. The number of aliphatic carboxylic acids is 1. The fourth-order valence-corrected chi connectivity index (χ4v) is 5.52. The summed E-state index contributed by atoms with van der Waals surface area (Å²) in [5.41, 5.74) is -0.521. The van der Waals surface area contributed by atoms with Crippen molar-refractivity contribution < 1.29 is 18.3 Å². The molecule has 19 heavy (non-hydrogen) atoms. The van der Waals surface area contributed by atoms with Gasteiger partial charge in [0.05, 0.1) is 22.8 Å². The molecule has 1 aromatic heterocycles. The van der Waals surface area contributed by atoms with Crippen molar-refractivity contribution in [2.45, 2.75) is 23.2 Å². The van der Waals surface area contributed by atoms with Crippen LogP contribution in [0.3, 0.4) is 0 Å². The summed E-state index contributed by atoms with van der Waals surface area (Å²) < 4.78 is 23.5. The summed E-state index contributed by atoms with van der Waals surface area (Å²) in [4.78, 5) is 10.4. The summed E-state index contributed by atoms with van der Waals surface area (Å²) >= 11 is 2.32. The lowest BCUT2D eigenvalue weighted by atomic mass is 10.0. The second-order valence-corrected chi connectivity index (χ2v) is 8.97. The summed E-state index contributed by atoms with van der Waals surface area (Å²) in [5.74, 6) is -0.725. The van der Waals surface area contributed by atoms with Gasteiger partial charge in [-0.2, -0.15) is 0 Å². The number of hydrogen-bond acceptors (Lipinski definition) is 8. The van der Waals surface area contributed by atoms with Crippen LogP contribution in [0.5, 0.6) is 0 Å². The van der Waals surface area contributed by atoms with E-state index in [0.29, 0.717) is 15.9 Å². The van der Waals surface area contributed by atoms with Crippen LogP contribution in [0.25, 0.3) is 0 Å². The average molecular weight is 323 g/mol. The molecule has 1 atom stereocenters. The predicted octanol–water partition coefficient (Wildman–Crippen LogP) is 0.704. The Balaban J connectivity index is 1.98. The van der Waals surface area contributed by atoms with E-state index in [0.717, 1.165) is 11.8 Å². The number of carboxylic acids is 1. The number of hydrogen-bond donors (Lipinski definition) is 2. The van der Waals surface area contributed by atoms with Crippen molar-refractivity contribution in [2.75, 3.05) is 22.6 Å². The minimum atomic E-state index is -2.98. The van der Waals surface area contributed by atoms with Gasteiger partial charge in [-0.15, -0.1) is 10.2 Å². The molecular weight excluding hydrogens is 310 g/mol. The van der Waals surface area contributed by atoms with Crippen molar-refractivity contribution in [3.8, 4) is 0 Å². The molecule has 0 spiro atoms. The molecule has 0 saturated carbocycles. The number of nitrogens with one attached hydrogen (secondary N) is 1. The maximum atomic E-state index is 11.5. The van der Waals surface area contributed by atoms with Gasteiger partial charge in [-0.05, 0) is 13.3 Å². The molecule has 0 aliphatic carbocycles. The van der Waals surface area contributed by atoms with Gasteiger partial charge < -0.3 is 10.4 Å². The maximum Gasteiger partial charge on any atom is 0.313 e. The van der Waals surface area contributed by atoms with E-state index >= 15 is 0 Å². The van der Waals surface area contributed by atoms with Crippen LogP contribution in [-0.2, 0) is 14.6 Å². The van der Waals surface area contributed by atoms with E-state index in [4.69, 9.17) is 5.11 Å². The molecule has 2 heterocycles. The van der Waals surface area contributed by atoms with Crippen LogP contribution in [0.15, 0.2) is 4.34 Å². The first-order chi connectivity index (χ1) is 8.78. The second-order valence-electron chi connectivity index (χ2n) is 4.58. The van der Waals surface area contributed by atoms with Gasteiger partial charge in [-0.3, -0.25) is 4.79 Å². The third-order valence-electron chi connectivity index (χ3n) is 2.64. The monoisotopic (exact) mass is 323 g/mol. The van der Waals surface area contributed by atoms with Crippen LogP contribution in [0.4, 0.5) is 5.13 Å². The lowest BCUT2D eigenvalue weighted by Gasteiger charge is -2.22. The molecule has 1 saturated heterocycles. The molecule has 0 aromatic carbocycles. The molecule has 2 rings (SSSR count). The molecule has 106 valence electrons. The van der Waals surface area contributed by atoms with Crippen LogP contribution < -0.4 is 5.32 Å². The molecule has 1 aliphatic rings. The zero-order valence-corrected chi connectivity index (χ0v) is 12.6. The van der Waals surface area contributed by atoms with Gasteiger partial charge in [-0.1, -0.05) is 23.1 Å². The molecule has 2 N–H and O–H groups in total. The van der Waals surface area contributed by atoms with Crippen molar-refractivity contribution in [3.05, 3.63) is 0 Å². The van der Waals surface area contributed by atoms with Crippen LogP contribution in [-0.4, -0.2) is 52.5 Å². The highest BCUT2D eigenvalue weighted by Crippen LogP contribution is 2.31. The average Bonchev–Trinajstić information content (AvgIpc) is 2.81. The van der Waals surface area contributed by atoms with Crippen LogP contribution >= 0.6 is 23.1 Å². The smallest absolute Gasteiger partial charge is 0.313 e. The van der Waals surface area contributed by atoms with E-state index in [1.165, 1.54) is 11.3 Å². The third-order valence-corrected chi connectivity index (χ3v) is 6.50. The van der Waals surface area contributed by atoms with Crippen LogP contribution in [0.2, 0.25) is 0 Å². The van der Waals surface area contributed by atoms with Gasteiger partial charge in [-0.25, -0.2) is 8.42 Å². The lowest BCUT2D eigenvalue weighted by molar-refractivity contribution is -0.133. The molecule has 0 bridgehead atoms. The Morgan fingerprint density at radius 2 is 2.32 bits per heavy atom. The number of carboxylic acid groups (broad SMARTS) is 1. The standard InChI is InChI=1S/C9H13N3O4S3/c1-9(2-3-19(15,16)5-9)10-7-11-12-8(18-7)17-4-6(13)14/h2-5H2,1H3,(H,10,11)(H,13,14). The highest BCUT2D eigenvalue weighted by atomic mass is 32.2. The summed E-state index contributed by atoms with van der Waals surface area (Å²) in [7, 11) is -2.98. The van der Waals surface area contributed by atoms with E-state index in [1.54, 1.807) is 0 Å². The Bertz CT molecular complexity index is 585. The Hall–Kier alpha value is -0.870. The number of thioether (sulfide) groups is 1. The Labute approximate surface area is 118 Å². The number of aromatic nitrogens is 2. The zero-order chi connectivity index (χ0) is 14.1. The first-order valence-electron chi connectivity index (χ1n) is 5.45. The maximum absolute atomic E-state index is 11.5. The highest BCUT2D eigenvalue weighted by molar-refractivity contribution is 8.01. The molecule has 7 nitrogen and oxygen atoms in total. The molecule has 1 unspecified atom stereocenters. The van der Waals surface area contributed by atoms with Gasteiger partial charge in [0.2, 0.25) is 5.13 Å². The Kier molecular flexibility index (Phi) is 4.02. The summed E-state index contributed by atoms with van der Waals surface area (Å²) in [5, 5.41) is 19.9. The van der Waals surface area contributed by atoms with E-state index < -0.39 is 21.3 Å². The van der Waals surface area contributed by atoms with Gasteiger partial charge >= 0.3 is 5.97 Å². The minimum absolute atomic E-state index is 0.0692. The van der Waals surface area contributed by atoms with Gasteiger partial charge in [0.25, 0.3) is 0 Å². The van der Waals surface area contributed by atoms with Crippen LogP contribution in [0.1, 0.15) is 13.3 Å². The molecule has 0 radical (unpaired) electrons. The zero-order valence-electron chi connectivity index (χ0n) is 10.1. The van der Waals surface area contributed by atoms with E-state index in [1.807, 2.05) is 6.92 Å². The van der Waals surface area contributed by atoms with Crippen molar-refractivity contribution >= 4 is 44.0 Å². The molecule has 1 aliphatic heterocycles. The number of carbonyl (C=O) groups is 1. The molecule has 10 heteroatoms. The molecule has 1 fully saturated rings. The van der Waals surface area contributed by atoms with E-state index in [9.17, 15) is 13.2 Å². The van der Waals surface area contributed by atoms with Gasteiger partial charge in [0.1, 0.15) is 0 Å². The van der Waals surface area contributed by atoms with E-state index in [2.05, 4.69) is 15.5 Å². The number of sulfone groups is 1. The SMILES string of the molecule is CC1(Nc2nnc(SCC(=O)O)s2)CCS(=O)(=O)C1. The first-order valence-corrected chi connectivity index (χ1v) is 9.07. The summed E-state index contributed by atoms with van der Waals surface area (Å²) in [6.07, 6.45) is 0.534. The Morgan fingerprint density at radius 1 is 1.58 bits per heavy atom. The predicted molar refractivity (Wildman–Crippen MR) is 73.6 cm³/mol. The fourth-order valence-electron chi connectivity index (χ4n) is 1.81. The van der Waals surface area contributed by atoms with Crippen LogP contribution in [0, 0.1) is 0 Å². The minimum Gasteiger partial charge on any atom is -0.481 e. The highest BCUT2D eigenvalue weighted by Gasteiger charge is 2.38. The Morgan fingerprint density at radius 3 is 2.89 bits per heavy atom. The number of anilines is 1. The fraction of sp³-hybridized carbons (Fsp3) is 0.667. The van der Waals surface area contributed by atoms with Crippen molar-refractivity contribution in [2.24, 2.45) is 0 Å². The van der Waals surface area contributed by atoms with Gasteiger partial charge in [0.15, 0.2) is 14.2 Å². The molecule has 0 amide bonds. The number of nitrogens with zero attached hydrogens (tertiary/aromatic N) is 2. The summed E-state index contributed by atoms with van der Waals surface area (Å²) in [6, 6.07) is 0. The van der Waals surface area contributed by atoms with Crippen molar-refractivity contribution in [1.82, 2.24) is 10.2 Å². The molecular formula is C9H13N3O4S3. The second kappa shape index (κ2) is 5.25. The lowest BCUT2D eigenvalue weighted by Crippen LogP contribution is -2.35. The largest absolute Gasteiger partial charge is 0.481 e. The third kappa shape index (κ3) is 4.05. The van der Waals surface area contributed by atoms with E-state index in [-0.39, 0.29) is 17.3 Å². The normalized spacial score (nSPS) is 25.3. The van der Waals surface area contributed by atoms with Crippen molar-refractivity contribution in [1.29, 1.82) is 0 Å². The van der Waals surface area contributed by atoms with Crippen molar-refractivity contribution in [3.63, 3.8) is 0 Å². The topological polar surface area (TPSA) is 109 Å². The quantitative estimate of drug-likeness (QED) is 0.762. The van der Waals surface area contributed by atoms with Gasteiger partial charge in [0, 0.05) is 0 Å². The summed E-state index contributed by atoms with van der Waals surface area (Å²) in [6.45, 7) is 1.84. The molecule has 1 aromatic rings. The number of rotatable bonds is 5.